The lowest BCUT2D eigenvalue weighted by Gasteiger charge is -2.40. The second-order valence-electron chi connectivity index (χ2n) is 6.81. The first-order valence-electron chi connectivity index (χ1n) is 8.80. The van der Waals surface area contributed by atoms with Gasteiger partial charge in [0.1, 0.15) is 0 Å². The van der Waals surface area contributed by atoms with Crippen molar-refractivity contribution >= 4 is 15.9 Å². The van der Waals surface area contributed by atoms with Gasteiger partial charge in [0.25, 0.3) is 0 Å². The maximum Gasteiger partial charge on any atom is 0.318 e. The Bertz CT molecular complexity index is 701. The molecule has 1 fully saturated rings. The minimum atomic E-state index is -3.19. The summed E-state index contributed by atoms with van der Waals surface area (Å²) in [5.74, 6) is 0.622. The maximum absolute atomic E-state index is 12.7. The van der Waals surface area contributed by atoms with Gasteiger partial charge in [0, 0.05) is 24.3 Å². The molecule has 1 aromatic rings. The monoisotopic (exact) mass is 364 g/mol. The smallest absolute Gasteiger partial charge is 0.318 e. The van der Waals surface area contributed by atoms with Crippen LogP contribution in [0.5, 0.6) is 0 Å². The van der Waals surface area contributed by atoms with E-state index >= 15 is 0 Å². The van der Waals surface area contributed by atoms with Crippen molar-refractivity contribution in [3.05, 3.63) is 47.4 Å². The summed E-state index contributed by atoms with van der Waals surface area (Å²) in [5.41, 5.74) is 1.15. The van der Waals surface area contributed by atoms with E-state index in [1.54, 1.807) is 6.92 Å². The molecule has 138 valence electrons. The summed E-state index contributed by atoms with van der Waals surface area (Å²) in [4.78, 5) is 14.6. The molecule has 1 aliphatic rings. The number of nitrogens with zero attached hydrogens (tertiary/aromatic N) is 1. The average molecular weight is 365 g/mol. The number of nitrogens with one attached hydrogen (secondary N) is 1. The standard InChI is InChI=1S/C19H28N2O3S/c1-4-16-10-12-21(18(14-16)17-8-6-5-7-9-17)19(22)20-15(2)11-13-25(3,23)24/h5-9,11,13,15-16,18H,4,10,12,14H2,1-3H3,(H,20,22)/b13-11+/t15?,16-,18+/m0/s1. The van der Waals surface area contributed by atoms with Crippen molar-refractivity contribution in [1.82, 2.24) is 10.2 Å². The number of amides is 2. The van der Waals surface area contributed by atoms with Gasteiger partial charge in [0.15, 0.2) is 9.84 Å². The fourth-order valence-corrected chi connectivity index (χ4v) is 3.75. The number of hydrogen-bond acceptors (Lipinski definition) is 3. The molecule has 0 saturated carbocycles. The van der Waals surface area contributed by atoms with Crippen molar-refractivity contribution < 1.29 is 13.2 Å². The Morgan fingerprint density at radius 3 is 2.64 bits per heavy atom. The Balaban J connectivity index is 2.11. The molecule has 2 amide bonds. The van der Waals surface area contributed by atoms with E-state index in [0.29, 0.717) is 12.5 Å². The van der Waals surface area contributed by atoms with Gasteiger partial charge in [-0.05, 0) is 31.2 Å². The van der Waals surface area contributed by atoms with Crippen LogP contribution >= 0.6 is 0 Å². The van der Waals surface area contributed by atoms with Gasteiger partial charge in [0.05, 0.1) is 6.04 Å². The first-order valence-corrected chi connectivity index (χ1v) is 10.8. The van der Waals surface area contributed by atoms with Gasteiger partial charge in [-0.25, -0.2) is 13.2 Å². The predicted molar refractivity (Wildman–Crippen MR) is 101 cm³/mol. The molecule has 0 aliphatic carbocycles. The van der Waals surface area contributed by atoms with E-state index in [1.165, 1.54) is 6.08 Å². The minimum absolute atomic E-state index is 0.0611. The molecule has 1 unspecified atom stereocenters. The van der Waals surface area contributed by atoms with Crippen molar-refractivity contribution in [3.8, 4) is 0 Å². The number of carbonyl (C=O) groups is 1. The molecule has 3 atom stereocenters. The molecular weight excluding hydrogens is 336 g/mol. The summed E-state index contributed by atoms with van der Waals surface area (Å²) in [6, 6.07) is 9.68. The third-order valence-corrected chi connectivity index (χ3v) is 5.35. The van der Waals surface area contributed by atoms with Crippen molar-refractivity contribution in [3.63, 3.8) is 0 Å². The van der Waals surface area contributed by atoms with Gasteiger partial charge >= 0.3 is 6.03 Å². The fraction of sp³-hybridized carbons (Fsp3) is 0.526. The zero-order valence-corrected chi connectivity index (χ0v) is 16.0. The molecule has 1 N–H and O–H groups in total. The summed E-state index contributed by atoms with van der Waals surface area (Å²) < 4.78 is 22.4. The number of carbonyl (C=O) groups excluding carboxylic acids is 1. The zero-order chi connectivity index (χ0) is 18.4. The van der Waals surface area contributed by atoms with Crippen molar-refractivity contribution in [2.75, 3.05) is 12.8 Å². The first-order chi connectivity index (χ1) is 11.8. The van der Waals surface area contributed by atoms with Crippen LogP contribution in [0.3, 0.4) is 0 Å². The Morgan fingerprint density at radius 2 is 2.04 bits per heavy atom. The maximum atomic E-state index is 12.7. The second-order valence-corrected chi connectivity index (χ2v) is 8.75. The van der Waals surface area contributed by atoms with Crippen LogP contribution < -0.4 is 5.32 Å². The van der Waals surface area contributed by atoms with Crippen molar-refractivity contribution in [1.29, 1.82) is 0 Å². The van der Waals surface area contributed by atoms with E-state index in [0.717, 1.165) is 36.5 Å². The third-order valence-electron chi connectivity index (χ3n) is 4.70. The van der Waals surface area contributed by atoms with Crippen LogP contribution in [-0.2, 0) is 9.84 Å². The van der Waals surface area contributed by atoms with E-state index in [-0.39, 0.29) is 18.1 Å². The molecule has 5 nitrogen and oxygen atoms in total. The number of hydrogen-bond donors (Lipinski definition) is 1. The summed E-state index contributed by atoms with van der Waals surface area (Å²) in [6.45, 7) is 4.68. The van der Waals surface area contributed by atoms with E-state index in [4.69, 9.17) is 0 Å². The Morgan fingerprint density at radius 1 is 1.36 bits per heavy atom. The molecule has 1 saturated heterocycles. The van der Waals surface area contributed by atoms with Crippen LogP contribution in [0.25, 0.3) is 0 Å². The molecule has 25 heavy (non-hydrogen) atoms. The number of benzene rings is 1. The van der Waals surface area contributed by atoms with Crippen LogP contribution in [0.15, 0.2) is 41.8 Å². The fourth-order valence-electron chi connectivity index (χ4n) is 3.23. The number of likely N-dealkylation sites (tertiary alicyclic amines) is 1. The Hall–Kier alpha value is -1.82. The average Bonchev–Trinajstić information content (AvgIpc) is 2.59. The van der Waals surface area contributed by atoms with E-state index in [9.17, 15) is 13.2 Å². The van der Waals surface area contributed by atoms with Gasteiger partial charge < -0.3 is 10.2 Å². The number of rotatable bonds is 5. The van der Waals surface area contributed by atoms with Crippen LogP contribution in [0.4, 0.5) is 4.79 Å². The lowest BCUT2D eigenvalue weighted by atomic mass is 9.86. The highest BCUT2D eigenvalue weighted by Crippen LogP contribution is 2.35. The second kappa shape index (κ2) is 8.52. The quantitative estimate of drug-likeness (QED) is 0.869. The van der Waals surface area contributed by atoms with E-state index in [1.807, 2.05) is 23.1 Å². The lowest BCUT2D eigenvalue weighted by molar-refractivity contribution is 0.125. The lowest BCUT2D eigenvalue weighted by Crippen LogP contribution is -2.48. The highest BCUT2D eigenvalue weighted by molar-refractivity contribution is 7.93. The summed E-state index contributed by atoms with van der Waals surface area (Å²) in [6.07, 6.45) is 5.72. The number of urea groups is 1. The van der Waals surface area contributed by atoms with Crippen molar-refractivity contribution in [2.45, 2.75) is 45.2 Å². The minimum Gasteiger partial charge on any atom is -0.332 e. The largest absolute Gasteiger partial charge is 0.332 e. The van der Waals surface area contributed by atoms with Crippen LogP contribution in [-0.4, -0.2) is 38.2 Å². The van der Waals surface area contributed by atoms with Crippen molar-refractivity contribution in [2.24, 2.45) is 5.92 Å². The molecule has 6 heteroatoms. The van der Waals surface area contributed by atoms with Crippen LogP contribution in [0, 0.1) is 5.92 Å². The van der Waals surface area contributed by atoms with Crippen LogP contribution in [0.2, 0.25) is 0 Å². The normalized spacial score (nSPS) is 22.8. The van der Waals surface area contributed by atoms with Gasteiger partial charge in [-0.15, -0.1) is 0 Å². The molecule has 1 aliphatic heterocycles. The Labute approximate surface area is 151 Å². The summed E-state index contributed by atoms with van der Waals surface area (Å²) >= 11 is 0. The van der Waals surface area contributed by atoms with E-state index in [2.05, 4.69) is 24.4 Å². The van der Waals surface area contributed by atoms with Crippen LogP contribution in [0.1, 0.15) is 44.7 Å². The number of sulfone groups is 1. The van der Waals surface area contributed by atoms with Gasteiger partial charge in [-0.1, -0.05) is 49.8 Å². The highest BCUT2D eigenvalue weighted by atomic mass is 32.2. The first kappa shape index (κ1) is 19.5. The topological polar surface area (TPSA) is 66.5 Å². The van der Waals surface area contributed by atoms with Gasteiger partial charge in [-0.2, -0.15) is 0 Å². The molecular formula is C19H28N2O3S. The zero-order valence-electron chi connectivity index (χ0n) is 15.2. The summed E-state index contributed by atoms with van der Waals surface area (Å²) in [7, 11) is -3.19. The van der Waals surface area contributed by atoms with E-state index < -0.39 is 9.84 Å². The molecule has 2 rings (SSSR count). The molecule has 1 heterocycles. The van der Waals surface area contributed by atoms with Gasteiger partial charge in [-0.3, -0.25) is 0 Å². The highest BCUT2D eigenvalue weighted by Gasteiger charge is 2.32. The molecule has 0 aromatic heterocycles. The molecule has 0 spiro atoms. The third kappa shape index (κ3) is 5.88. The number of piperidine rings is 1. The molecule has 0 radical (unpaired) electrons. The predicted octanol–water partition coefficient (Wildman–Crippen LogP) is 3.51. The summed E-state index contributed by atoms with van der Waals surface area (Å²) in [5, 5.41) is 4.03. The molecule has 1 aromatic carbocycles. The van der Waals surface area contributed by atoms with Gasteiger partial charge in [0.2, 0.25) is 0 Å². The Kier molecular flexibility index (Phi) is 6.64. The molecule has 0 bridgehead atoms. The SMILES string of the molecule is CC[C@H]1CCN(C(=O)NC(C)/C=C/S(C)(=O)=O)[C@@H](c2ccccc2)C1.